The smallest absolute Gasteiger partial charge is 0.269 e. The van der Waals surface area contributed by atoms with Gasteiger partial charge in [0.15, 0.2) is 34.9 Å². The molecule has 1 aromatic carbocycles. The van der Waals surface area contributed by atoms with Crippen LogP contribution in [-0.4, -0.2) is 124 Å². The molecule has 2 saturated carbocycles. The Morgan fingerprint density at radius 2 is 0.801 bits per heavy atom. The highest BCUT2D eigenvalue weighted by molar-refractivity contribution is 7.20. The predicted molar refractivity (Wildman–Crippen MR) is 538 cm³/mol. The minimum absolute atomic E-state index is 0.0436. The molecule has 1 saturated heterocycles. The number of carbonyl (C=O) groups is 1. The number of hydrogen-bond donors (Lipinski definition) is 10. The number of fused-ring (bicyclic) bond motifs is 6. The molecule has 0 spiro atoms. The van der Waals surface area contributed by atoms with E-state index < -0.39 is 5.91 Å². The van der Waals surface area contributed by atoms with Crippen LogP contribution in [0.4, 0.5) is 5.82 Å². The average molecular weight is 1930 g/mol. The number of carbonyl (C=O) groups excluding carboxylic acids is 1. The highest BCUT2D eigenvalue weighted by atomic mass is 35.5. The summed E-state index contributed by atoms with van der Waals surface area (Å²) in [6, 6.07) is 46.0. The third kappa shape index (κ3) is 19.7. The van der Waals surface area contributed by atoms with Crippen LogP contribution in [0.5, 0.6) is 0 Å². The minimum atomic E-state index is -0.417. The largest absolute Gasteiger partial charge is 0.384 e. The number of nitrogens with one attached hydrogen (secondary N) is 9. The standard InChI is InChI=1S/C18H12ClN3OS.C18H14N6O3S.C16H11N5OS.C16H15N3OS.C15H14N4OS.C14H11N3OS/c1-10-14(11-6-2-3-7-12(11)19)15-16(24-10)18(23)22-17(21-15)13-8-4-5-9-20-13;1-9-6-20-12(22-16(9)25)7-21-17(26)10-8-28-14-13(10)23-15(24-18(14)27)11-4-2-3-5-19-11;17-12-6-3-5-10(19-12)9-8-23-14-13(9)20-15(21-16(14)22)11-4-1-2-7-18-11;20-16-14-13(11(9-21-14)10-5-1-2-6-10)18-15(19-16)12-7-3-4-8-17-12;20-15-13-12(10(8-21-13)5-9-6-16-7-9)18-14(19-15)11-3-1-2-4-17-11;18-14-12-11(9(7-19-12)8-4-5-8)16-13(17-14)10-3-1-2-6-15-10/h2-9H,1H3,(H,21,22,23);2-6,8H,7H2,1H3,(H,21,26)(H,20,22,25)(H,23,24,27);1-8H,(H2,17,19)(H,20,21,22);3-4,7-10H,1-2,5-6H2,(H,18,19,20);1-4,8-9,16H,5-7H2,(H,18,19,20);1-3,6-8H,4-5H2,(H,16,17,18). The van der Waals surface area contributed by atoms with Crippen molar-refractivity contribution in [2.24, 2.45) is 5.92 Å². The maximum atomic E-state index is 12.6. The van der Waals surface area contributed by atoms with E-state index in [1.165, 1.54) is 118 Å². The number of pyridine rings is 7. The van der Waals surface area contributed by atoms with E-state index in [0.717, 1.165) is 78.4 Å². The molecule has 0 bridgehead atoms. The summed E-state index contributed by atoms with van der Waals surface area (Å²) in [4.78, 5) is 180. The van der Waals surface area contributed by atoms with Gasteiger partial charge in [-0.1, -0.05) is 85.1 Å². The van der Waals surface area contributed by atoms with E-state index in [-0.39, 0.29) is 56.8 Å². The normalized spacial score (nSPS) is 12.9. The van der Waals surface area contributed by atoms with Crippen molar-refractivity contribution in [2.45, 2.75) is 77.2 Å². The molecule has 0 atom stereocenters. The predicted octanol–water partition coefficient (Wildman–Crippen LogP) is 17.2. The van der Waals surface area contributed by atoms with E-state index in [0.29, 0.717) is 144 Å². The van der Waals surface area contributed by atoms with Crippen LogP contribution < -0.4 is 55.3 Å². The van der Waals surface area contributed by atoms with E-state index in [1.807, 2.05) is 134 Å². The Kier molecular flexibility index (Phi) is 26.6. The van der Waals surface area contributed by atoms with Crippen molar-refractivity contribution in [3.05, 3.63) is 338 Å². The van der Waals surface area contributed by atoms with Gasteiger partial charge in [0, 0.05) is 86.3 Å². The van der Waals surface area contributed by atoms with E-state index in [4.69, 9.17) is 22.3 Å². The molecule has 32 nitrogen and oxygen atoms in total. The lowest BCUT2D eigenvalue weighted by Crippen LogP contribution is -2.43. The number of aromatic nitrogens is 21. The van der Waals surface area contributed by atoms with Crippen LogP contribution in [0.25, 0.3) is 153 Å². The molecule has 3 aliphatic rings. The molecule has 39 heteroatoms. The summed E-state index contributed by atoms with van der Waals surface area (Å²) in [6.07, 6.45) is 19.9. The molecule has 3 fully saturated rings. The van der Waals surface area contributed by atoms with Crippen molar-refractivity contribution in [1.82, 2.24) is 115 Å². The van der Waals surface area contributed by atoms with E-state index in [2.05, 4.69) is 126 Å². The molecule has 0 unspecified atom stereocenters. The third-order valence-electron chi connectivity index (χ3n) is 22.5. The summed E-state index contributed by atoms with van der Waals surface area (Å²) in [5.41, 5.74) is 20.3. The van der Waals surface area contributed by atoms with Gasteiger partial charge in [-0.05, 0) is 201 Å². The van der Waals surface area contributed by atoms with Gasteiger partial charge in [-0.15, -0.1) is 68.0 Å². The second-order valence-corrected chi connectivity index (χ2v) is 37.8. The monoisotopic (exact) mass is 1930 g/mol. The fourth-order valence-electron chi connectivity index (χ4n) is 15.5. The number of thiophene rings is 6. The van der Waals surface area contributed by atoms with Crippen LogP contribution in [0, 0.1) is 19.8 Å². The van der Waals surface area contributed by atoms with Gasteiger partial charge >= 0.3 is 0 Å². The number of amides is 1. The molecule has 1 amide bonds. The maximum Gasteiger partial charge on any atom is 0.269 e. The molecule has 21 heterocycles. The van der Waals surface area contributed by atoms with Crippen LogP contribution in [0.3, 0.4) is 0 Å². The summed E-state index contributed by atoms with van der Waals surface area (Å²) >= 11 is 14.7. The Hall–Kier alpha value is -15.3. The summed E-state index contributed by atoms with van der Waals surface area (Å²) < 4.78 is 3.67. The van der Waals surface area contributed by atoms with Gasteiger partial charge in [0.05, 0.1) is 45.4 Å². The van der Waals surface area contributed by atoms with Gasteiger partial charge in [0.25, 0.3) is 44.8 Å². The van der Waals surface area contributed by atoms with Crippen molar-refractivity contribution in [1.29, 1.82) is 0 Å². The second-order valence-electron chi connectivity index (χ2n) is 31.8. The molecule has 0 radical (unpaired) electrons. The van der Waals surface area contributed by atoms with Crippen LogP contribution in [-0.2, 0) is 13.0 Å². The van der Waals surface area contributed by atoms with Crippen LogP contribution in [0.1, 0.15) is 93.7 Å². The number of H-pyrrole nitrogens is 7. The van der Waals surface area contributed by atoms with Gasteiger partial charge in [0.2, 0.25) is 0 Å². The number of nitrogen functional groups attached to an aromatic ring is 1. The first-order valence-electron chi connectivity index (χ1n) is 43.0. The fourth-order valence-corrected chi connectivity index (χ4v) is 21.4. The number of halogens is 1. The molecule has 1 aliphatic heterocycles. The van der Waals surface area contributed by atoms with Crippen molar-refractivity contribution in [3.63, 3.8) is 0 Å². The highest BCUT2D eigenvalue weighted by Gasteiger charge is 2.30. The van der Waals surface area contributed by atoms with Gasteiger partial charge in [-0.25, -0.2) is 39.9 Å². The lowest BCUT2D eigenvalue weighted by atomic mass is 9.95. The molecule has 21 aromatic rings. The molecule has 24 rings (SSSR count). The van der Waals surface area contributed by atoms with Gasteiger partial charge < -0.3 is 51.3 Å². The summed E-state index contributed by atoms with van der Waals surface area (Å²) in [6.45, 7) is 5.77. The number of aryl methyl sites for hydroxylation is 2. The zero-order valence-corrected chi connectivity index (χ0v) is 77.8. The lowest BCUT2D eigenvalue weighted by molar-refractivity contribution is 0.0951. The van der Waals surface area contributed by atoms with Crippen LogP contribution >= 0.6 is 79.6 Å². The van der Waals surface area contributed by atoms with Gasteiger partial charge in [-0.2, -0.15) is 0 Å². The fraction of sp³-hybridized carbons (Fsp3) is 0.155. The van der Waals surface area contributed by atoms with E-state index >= 15 is 0 Å². The SMILES string of the molecule is Cc1cnc(CNC(=O)c2csc3c(=O)[nH]c(-c4ccccn4)nc23)[nH]c1=O.Cc1sc2c(=O)[nH]c(-c3ccccn3)nc2c1-c1ccccc1Cl.Nc1cccc(-c2csc3c(=O)[nH]c(-c4ccccn4)nc23)n1.O=c1[nH]c(-c2ccccn2)nc2c(C3CC3)csc12.O=c1[nH]c(-c2ccccn2)nc2c(C3CCCC3)csc12.O=c1[nH]c(-c2ccccn2)nc2c(CC3CNC3)csc12. The van der Waals surface area contributed by atoms with Crippen molar-refractivity contribution in [2.75, 3.05) is 18.8 Å². The van der Waals surface area contributed by atoms with Crippen molar-refractivity contribution in [3.8, 4) is 91.5 Å². The number of nitrogens with zero attached hydrogens (tertiary/aromatic N) is 14. The summed E-state index contributed by atoms with van der Waals surface area (Å²) in [7, 11) is 0. The molecular weight excluding hydrogens is 1860 g/mol. The van der Waals surface area contributed by atoms with Crippen LogP contribution in [0.2, 0.25) is 5.02 Å². The van der Waals surface area contributed by atoms with E-state index in [9.17, 15) is 38.4 Å². The zero-order chi connectivity index (χ0) is 93.5. The quantitative estimate of drug-likeness (QED) is 0.0456. The third-order valence-corrected chi connectivity index (χ3v) is 28.8. The number of benzene rings is 1. The Morgan fingerprint density at radius 1 is 0.397 bits per heavy atom. The Bertz CT molecular complexity index is 8450. The number of anilines is 1. The number of nitrogens with two attached hydrogens (primary N) is 1. The van der Waals surface area contributed by atoms with Crippen molar-refractivity contribution < 1.29 is 4.79 Å². The molecular formula is C97H77ClN24O8S6. The first-order valence-corrected chi connectivity index (χ1v) is 48.6. The first kappa shape index (κ1) is 89.9. The van der Waals surface area contributed by atoms with E-state index in [1.54, 1.807) is 79.8 Å². The lowest BCUT2D eigenvalue weighted by Gasteiger charge is -2.26. The minimum Gasteiger partial charge on any atom is -0.384 e. The maximum absolute atomic E-state index is 12.6. The summed E-state index contributed by atoms with van der Waals surface area (Å²) in [5.74, 6) is 5.00. The second kappa shape index (κ2) is 40.3. The number of rotatable bonds is 15. The topological polar surface area (TPSA) is 478 Å². The number of aromatic amines is 7. The average Bonchev–Trinajstić information content (AvgIpc) is 1.62. The first-order chi connectivity index (χ1) is 66.4. The van der Waals surface area contributed by atoms with Crippen LogP contribution in [0.15, 0.2) is 255 Å². The van der Waals surface area contributed by atoms with Crippen molar-refractivity contribution >= 4 is 153 Å². The molecule has 676 valence electrons. The highest BCUT2D eigenvalue weighted by Crippen LogP contribution is 2.45. The Balaban J connectivity index is 0.000000105. The molecule has 11 N–H and O–H groups in total. The Morgan fingerprint density at radius 3 is 1.26 bits per heavy atom. The van der Waals surface area contributed by atoms with Gasteiger partial charge in [-0.3, -0.25) is 68.3 Å². The Labute approximate surface area is 798 Å². The molecule has 2 aliphatic carbocycles. The molecule has 20 aromatic heterocycles. The van der Waals surface area contributed by atoms with Gasteiger partial charge in [0.1, 0.15) is 79.5 Å². The zero-order valence-electron chi connectivity index (χ0n) is 72.1. The molecule has 136 heavy (non-hydrogen) atoms. The summed E-state index contributed by atoms with van der Waals surface area (Å²) in [5, 5.41) is 16.3. The number of hydrogen-bond acceptors (Lipinski definition) is 30.